The van der Waals surface area contributed by atoms with E-state index in [2.05, 4.69) is 0 Å². The Morgan fingerprint density at radius 1 is 0.971 bits per heavy atom. The van der Waals surface area contributed by atoms with Gasteiger partial charge >= 0.3 is 5.97 Å². The van der Waals surface area contributed by atoms with Gasteiger partial charge in [0.05, 0.1) is 34.2 Å². The van der Waals surface area contributed by atoms with Gasteiger partial charge in [0.15, 0.2) is 0 Å². The number of carbonyl (C=O) groups excluding carboxylic acids is 4. The maximum absolute atomic E-state index is 12.9. The molecule has 2 heterocycles. The summed E-state index contributed by atoms with van der Waals surface area (Å²) in [6, 6.07) is 11.8. The van der Waals surface area contributed by atoms with Crippen LogP contribution in [0.15, 0.2) is 54.6 Å². The van der Waals surface area contributed by atoms with E-state index in [4.69, 9.17) is 16.3 Å². The highest BCUT2D eigenvalue weighted by molar-refractivity contribution is 6.34. The molecule has 5 rings (SSSR count). The van der Waals surface area contributed by atoms with Gasteiger partial charge < -0.3 is 9.64 Å². The third-order valence-electron chi connectivity index (χ3n) is 6.74. The number of aryl methyl sites for hydroxylation is 1. The summed E-state index contributed by atoms with van der Waals surface area (Å²) in [6.07, 6.45) is 5.09. The molecule has 0 aromatic heterocycles. The van der Waals surface area contributed by atoms with Gasteiger partial charge in [-0.3, -0.25) is 19.2 Å². The Kier molecular flexibility index (Phi) is 5.73. The van der Waals surface area contributed by atoms with Gasteiger partial charge in [0.2, 0.25) is 17.7 Å². The van der Waals surface area contributed by atoms with Gasteiger partial charge in [0.1, 0.15) is 5.75 Å². The molecule has 34 heavy (non-hydrogen) atoms. The summed E-state index contributed by atoms with van der Waals surface area (Å²) in [5.74, 6) is -2.02. The van der Waals surface area contributed by atoms with Crippen molar-refractivity contribution in [2.45, 2.75) is 26.2 Å². The van der Waals surface area contributed by atoms with Crippen LogP contribution >= 0.6 is 11.6 Å². The van der Waals surface area contributed by atoms with Gasteiger partial charge in [-0.15, -0.1) is 0 Å². The number of anilines is 2. The zero-order chi connectivity index (χ0) is 24.0. The number of ether oxygens (including phenoxy) is 1. The van der Waals surface area contributed by atoms with Crippen LogP contribution in [-0.4, -0.2) is 30.2 Å². The summed E-state index contributed by atoms with van der Waals surface area (Å²) in [6.45, 7) is 1.96. The van der Waals surface area contributed by atoms with Crippen molar-refractivity contribution in [3.8, 4) is 5.75 Å². The smallest absolute Gasteiger partial charge is 0.316 e. The molecule has 7 nitrogen and oxygen atoms in total. The molecule has 174 valence electrons. The van der Waals surface area contributed by atoms with Crippen molar-refractivity contribution in [3.63, 3.8) is 0 Å². The van der Waals surface area contributed by atoms with Crippen LogP contribution in [0.1, 0.15) is 24.8 Å². The molecule has 0 radical (unpaired) electrons. The van der Waals surface area contributed by atoms with E-state index in [1.54, 1.807) is 49.4 Å². The highest BCUT2D eigenvalue weighted by Crippen LogP contribution is 2.39. The zero-order valence-corrected chi connectivity index (χ0v) is 19.3. The third kappa shape index (κ3) is 3.80. The largest absolute Gasteiger partial charge is 0.426 e. The second-order valence-corrected chi connectivity index (χ2v) is 9.30. The van der Waals surface area contributed by atoms with E-state index in [-0.39, 0.29) is 42.5 Å². The number of esters is 1. The Morgan fingerprint density at radius 2 is 1.65 bits per heavy atom. The molecule has 3 amide bonds. The maximum Gasteiger partial charge on any atom is 0.316 e. The van der Waals surface area contributed by atoms with Gasteiger partial charge in [0.25, 0.3) is 0 Å². The van der Waals surface area contributed by atoms with Crippen LogP contribution < -0.4 is 14.5 Å². The summed E-state index contributed by atoms with van der Waals surface area (Å²) >= 11 is 6.21. The number of nitrogens with zero attached hydrogens (tertiary/aromatic N) is 2. The lowest BCUT2D eigenvalue weighted by Crippen LogP contribution is -2.31. The normalized spacial score (nSPS) is 24.1. The molecule has 1 aliphatic carbocycles. The monoisotopic (exact) mass is 478 g/mol. The van der Waals surface area contributed by atoms with Gasteiger partial charge in [-0.25, -0.2) is 4.90 Å². The molecule has 0 bridgehead atoms. The molecule has 8 heteroatoms. The number of benzene rings is 2. The molecule has 2 fully saturated rings. The van der Waals surface area contributed by atoms with Crippen molar-refractivity contribution in [1.29, 1.82) is 0 Å². The Bertz CT molecular complexity index is 1210. The maximum atomic E-state index is 12.9. The molecule has 0 saturated carbocycles. The highest BCUT2D eigenvalue weighted by atomic mass is 35.5. The molecule has 3 aliphatic rings. The summed E-state index contributed by atoms with van der Waals surface area (Å²) < 4.78 is 5.56. The zero-order valence-electron chi connectivity index (χ0n) is 18.6. The Hall–Kier alpha value is -3.45. The standard InChI is InChI=1S/C26H23ClN2O5/c1-15-12-17(10-11-21(15)29-24(31)18-6-2-3-7-19(18)25(29)32)34-26(33)16-13-23(30)28(14-16)22-9-5-4-8-20(22)27/h2-5,8-12,16,18-19H,6-7,13-14H2,1H3/t16-,18-,19+/m1/s1. The molecule has 0 unspecified atom stereocenters. The average Bonchev–Trinajstić information content (AvgIpc) is 3.33. The number of carbonyl (C=O) groups is 4. The number of imide groups is 1. The first-order valence-corrected chi connectivity index (χ1v) is 11.6. The van der Waals surface area contributed by atoms with Crippen molar-refractivity contribution >= 4 is 46.7 Å². The fourth-order valence-corrected chi connectivity index (χ4v) is 5.19. The molecule has 2 aromatic rings. The SMILES string of the molecule is Cc1cc(OC(=O)[C@@H]2CC(=O)N(c3ccccc3Cl)C2)ccc1N1C(=O)[C@H]2CC=CC[C@H]2C1=O. The van der Waals surface area contributed by atoms with E-state index in [1.165, 1.54) is 9.80 Å². The average molecular weight is 479 g/mol. The van der Waals surface area contributed by atoms with Gasteiger partial charge in [-0.2, -0.15) is 0 Å². The highest BCUT2D eigenvalue weighted by Gasteiger charge is 2.48. The minimum atomic E-state index is -0.624. The number of para-hydroxylation sites is 1. The van der Waals surface area contributed by atoms with Crippen molar-refractivity contribution in [2.75, 3.05) is 16.3 Å². The lowest BCUT2D eigenvalue weighted by molar-refractivity contribution is -0.139. The van der Waals surface area contributed by atoms with Gasteiger partial charge in [0, 0.05) is 13.0 Å². The molecular weight excluding hydrogens is 456 g/mol. The van der Waals surface area contributed by atoms with Crippen LogP contribution in [0.5, 0.6) is 5.75 Å². The predicted octanol–water partition coefficient (Wildman–Crippen LogP) is 4.06. The van der Waals surface area contributed by atoms with E-state index >= 15 is 0 Å². The fraction of sp³-hybridized carbons (Fsp3) is 0.308. The molecule has 2 saturated heterocycles. The van der Waals surface area contributed by atoms with Crippen LogP contribution in [0.2, 0.25) is 5.02 Å². The van der Waals surface area contributed by atoms with E-state index < -0.39 is 11.9 Å². The first-order chi connectivity index (χ1) is 16.3. The molecule has 0 N–H and O–H groups in total. The van der Waals surface area contributed by atoms with Crippen molar-refractivity contribution in [1.82, 2.24) is 0 Å². The number of hydrogen-bond acceptors (Lipinski definition) is 5. The topological polar surface area (TPSA) is 84.0 Å². The minimum Gasteiger partial charge on any atom is -0.426 e. The van der Waals surface area contributed by atoms with Crippen LogP contribution in [0, 0.1) is 24.7 Å². The Balaban J connectivity index is 1.29. The summed E-state index contributed by atoms with van der Waals surface area (Å²) in [5, 5.41) is 0.442. The second-order valence-electron chi connectivity index (χ2n) is 8.89. The molecular formula is C26H23ClN2O5. The number of halogens is 1. The molecule has 2 aromatic carbocycles. The minimum absolute atomic E-state index is 0.0364. The van der Waals surface area contributed by atoms with Crippen LogP contribution in [0.4, 0.5) is 11.4 Å². The van der Waals surface area contributed by atoms with Crippen molar-refractivity contribution in [2.24, 2.45) is 17.8 Å². The van der Waals surface area contributed by atoms with Crippen molar-refractivity contribution < 1.29 is 23.9 Å². The van der Waals surface area contributed by atoms with Crippen molar-refractivity contribution in [3.05, 3.63) is 65.2 Å². The van der Waals surface area contributed by atoms with Gasteiger partial charge in [-0.1, -0.05) is 35.9 Å². The molecule has 0 spiro atoms. The molecule has 2 aliphatic heterocycles. The first kappa shape index (κ1) is 22.3. The third-order valence-corrected chi connectivity index (χ3v) is 7.06. The number of fused-ring (bicyclic) bond motifs is 1. The lowest BCUT2D eigenvalue weighted by Gasteiger charge is -2.19. The predicted molar refractivity (Wildman–Crippen MR) is 127 cm³/mol. The number of allylic oxidation sites excluding steroid dienone is 2. The van der Waals surface area contributed by atoms with E-state index in [0.29, 0.717) is 40.6 Å². The Morgan fingerprint density at radius 3 is 2.29 bits per heavy atom. The fourth-order valence-electron chi connectivity index (χ4n) is 4.95. The second kappa shape index (κ2) is 8.72. The molecule has 3 atom stereocenters. The first-order valence-electron chi connectivity index (χ1n) is 11.2. The summed E-state index contributed by atoms with van der Waals surface area (Å²) in [4.78, 5) is 53.8. The van der Waals surface area contributed by atoms with Crippen LogP contribution in [0.3, 0.4) is 0 Å². The Labute approximate surface area is 201 Å². The quantitative estimate of drug-likeness (QED) is 0.286. The van der Waals surface area contributed by atoms with Crippen LogP contribution in [-0.2, 0) is 19.2 Å². The summed E-state index contributed by atoms with van der Waals surface area (Å²) in [7, 11) is 0. The van der Waals surface area contributed by atoms with E-state index in [9.17, 15) is 19.2 Å². The number of hydrogen-bond donors (Lipinski definition) is 0. The van der Waals surface area contributed by atoms with E-state index in [1.807, 2.05) is 12.2 Å². The van der Waals surface area contributed by atoms with Crippen LogP contribution in [0.25, 0.3) is 0 Å². The van der Waals surface area contributed by atoms with E-state index in [0.717, 1.165) is 0 Å². The number of amides is 3. The lowest BCUT2D eigenvalue weighted by atomic mass is 9.85. The summed E-state index contributed by atoms with van der Waals surface area (Å²) in [5.41, 5.74) is 1.73. The number of rotatable bonds is 4. The van der Waals surface area contributed by atoms with Gasteiger partial charge in [-0.05, 0) is 55.7 Å².